The molecule has 0 aromatic heterocycles. The molecule has 162 valence electrons. The zero-order chi connectivity index (χ0) is 22.4. The van der Waals surface area contributed by atoms with Crippen LogP contribution in [0.25, 0.3) is 0 Å². The van der Waals surface area contributed by atoms with E-state index in [1.165, 1.54) is 10.4 Å². The van der Waals surface area contributed by atoms with Crippen LogP contribution in [0.15, 0.2) is 73.3 Å². The van der Waals surface area contributed by atoms with Gasteiger partial charge in [-0.1, -0.05) is 129 Å². The van der Waals surface area contributed by atoms with Crippen molar-refractivity contribution in [3.05, 3.63) is 73.3 Å². The Bertz CT molecular complexity index is 794. The fourth-order valence-corrected chi connectivity index (χ4v) is 8.25. The number of hydrogen-bond donors (Lipinski definition) is 1. The predicted molar refractivity (Wildman–Crippen MR) is 131 cm³/mol. The van der Waals surface area contributed by atoms with Gasteiger partial charge in [0, 0.05) is 13.0 Å². The molecule has 0 aliphatic heterocycles. The van der Waals surface area contributed by atoms with E-state index in [9.17, 15) is 0 Å². The summed E-state index contributed by atoms with van der Waals surface area (Å²) in [7, 11) is -2.63. The Labute approximate surface area is 195 Å². The van der Waals surface area contributed by atoms with E-state index < -0.39 is 24.1 Å². The lowest BCUT2D eigenvalue weighted by molar-refractivity contribution is 0.180. The molecule has 2 aromatic carbocycles. The molecule has 3 nitrogen and oxygen atoms in total. The van der Waals surface area contributed by atoms with E-state index in [4.69, 9.17) is 49.4 Å². The molecular weight excluding hydrogens is 457 g/mol. The van der Waals surface area contributed by atoms with E-state index in [0.29, 0.717) is 13.0 Å². The lowest BCUT2D eigenvalue weighted by Crippen LogP contribution is -2.66. The third-order valence-corrected chi connectivity index (χ3v) is 10.5. The Hall–Kier alpha value is -1.30. The molecule has 0 saturated carbocycles. The molecule has 2 aromatic rings. The largest absolute Gasteiger partial charge is 0.470 e. The first-order valence-corrected chi connectivity index (χ1v) is 12.8. The van der Waals surface area contributed by atoms with Crippen molar-refractivity contribution in [2.45, 2.75) is 42.1 Å². The Balaban J connectivity index is 2.33. The van der Waals surface area contributed by atoms with Crippen LogP contribution in [0.3, 0.4) is 0 Å². The van der Waals surface area contributed by atoms with E-state index in [-0.39, 0.29) is 5.04 Å². The number of alkyl halides is 3. The topological polar surface area (TPSA) is 42.3 Å². The number of benzene rings is 2. The first-order valence-electron chi connectivity index (χ1n) is 9.72. The first-order chi connectivity index (χ1) is 14.0. The summed E-state index contributed by atoms with van der Waals surface area (Å²) in [6.07, 6.45) is 1.59. The van der Waals surface area contributed by atoms with Gasteiger partial charge in [0.15, 0.2) is 0 Å². The first kappa shape index (κ1) is 25.0. The molecule has 0 radical (unpaired) electrons. The number of rotatable bonds is 8. The third kappa shape index (κ3) is 5.89. The van der Waals surface area contributed by atoms with Gasteiger partial charge in [-0.05, 0) is 15.4 Å². The van der Waals surface area contributed by atoms with Crippen molar-refractivity contribution in [3.63, 3.8) is 0 Å². The van der Waals surface area contributed by atoms with Gasteiger partial charge in [-0.25, -0.2) is 0 Å². The Morgan fingerprint density at radius 3 is 1.83 bits per heavy atom. The number of halogens is 3. The third-order valence-electron chi connectivity index (χ3n) is 4.93. The molecule has 30 heavy (non-hydrogen) atoms. The second-order valence-corrected chi connectivity index (χ2v) is 14.6. The van der Waals surface area contributed by atoms with Crippen molar-refractivity contribution in [2.75, 3.05) is 6.61 Å². The second-order valence-electron chi connectivity index (χ2n) is 8.02. The summed E-state index contributed by atoms with van der Waals surface area (Å²) >= 11 is 17.2. The number of ether oxygens (including phenoxy) is 1. The highest BCUT2D eigenvalue weighted by Crippen LogP contribution is 2.37. The fraction of sp³-hybridized carbons (Fsp3) is 0.348. The van der Waals surface area contributed by atoms with Crippen molar-refractivity contribution in [1.82, 2.24) is 0 Å². The zero-order valence-corrected chi connectivity index (χ0v) is 20.8. The summed E-state index contributed by atoms with van der Waals surface area (Å²) in [6.45, 7) is 10.9. The van der Waals surface area contributed by atoms with E-state index >= 15 is 0 Å². The van der Waals surface area contributed by atoms with Crippen molar-refractivity contribution in [1.29, 1.82) is 5.41 Å². The number of nitrogens with one attached hydrogen (secondary N) is 1. The van der Waals surface area contributed by atoms with E-state index in [2.05, 4.69) is 51.6 Å². The standard InChI is InChI=1S/C23H28Cl3NO2Si/c1-5-18(29-21(27)23(24,25)26)16-17-28-30(22(2,3)4,19-12-8-6-9-13-19)20-14-10-7-11-15-20/h5-15,18,27H,1,16-17H2,2-4H3. The van der Waals surface area contributed by atoms with Crippen LogP contribution < -0.4 is 10.4 Å². The Kier molecular flexibility index (Phi) is 8.60. The van der Waals surface area contributed by atoms with Crippen LogP contribution >= 0.6 is 34.8 Å². The normalized spacial score (nSPS) is 13.5. The zero-order valence-electron chi connectivity index (χ0n) is 17.5. The van der Waals surface area contributed by atoms with Crippen LogP contribution in [-0.4, -0.2) is 30.7 Å². The molecule has 2 rings (SSSR count). The molecule has 0 aliphatic rings. The van der Waals surface area contributed by atoms with Crippen molar-refractivity contribution >= 4 is 59.4 Å². The highest BCUT2D eigenvalue weighted by atomic mass is 35.6. The van der Waals surface area contributed by atoms with Gasteiger partial charge in [-0.3, -0.25) is 5.41 Å². The molecule has 0 bridgehead atoms. The fourth-order valence-electron chi connectivity index (χ4n) is 3.53. The van der Waals surface area contributed by atoms with Crippen LogP contribution in [0.1, 0.15) is 27.2 Å². The monoisotopic (exact) mass is 483 g/mol. The summed E-state index contributed by atoms with van der Waals surface area (Å²) in [4.78, 5) is 0. The van der Waals surface area contributed by atoms with Gasteiger partial charge in [0.05, 0.1) is 0 Å². The Morgan fingerprint density at radius 1 is 1.00 bits per heavy atom. The van der Waals surface area contributed by atoms with Gasteiger partial charge in [0.25, 0.3) is 12.1 Å². The maximum absolute atomic E-state index is 7.80. The Morgan fingerprint density at radius 2 is 1.47 bits per heavy atom. The molecule has 1 N–H and O–H groups in total. The van der Waals surface area contributed by atoms with Gasteiger partial charge in [-0.2, -0.15) is 0 Å². The summed E-state index contributed by atoms with van der Waals surface area (Å²) in [5.74, 6) is -0.428. The average molecular weight is 485 g/mol. The van der Waals surface area contributed by atoms with E-state index in [1.54, 1.807) is 6.08 Å². The minimum atomic E-state index is -2.63. The number of hydrogen-bond acceptors (Lipinski definition) is 3. The smallest absolute Gasteiger partial charge is 0.265 e. The van der Waals surface area contributed by atoms with E-state index in [1.807, 2.05) is 36.4 Å². The molecule has 1 atom stereocenters. The van der Waals surface area contributed by atoms with Gasteiger partial charge in [0.2, 0.25) is 5.90 Å². The summed E-state index contributed by atoms with van der Waals surface area (Å²) in [5, 5.41) is 10.1. The maximum atomic E-state index is 7.80. The summed E-state index contributed by atoms with van der Waals surface area (Å²) in [5.41, 5.74) is 0. The SMILES string of the molecule is C=CC(CCO[Si](c1ccccc1)(c1ccccc1)C(C)(C)C)OC(=N)C(Cl)(Cl)Cl. The van der Waals surface area contributed by atoms with Gasteiger partial charge in [-0.15, -0.1) is 0 Å². The molecule has 7 heteroatoms. The van der Waals surface area contributed by atoms with Crippen molar-refractivity contribution < 1.29 is 9.16 Å². The highest BCUT2D eigenvalue weighted by molar-refractivity contribution is 6.99. The molecule has 0 heterocycles. The predicted octanol–water partition coefficient (Wildman–Crippen LogP) is 5.87. The highest BCUT2D eigenvalue weighted by Gasteiger charge is 2.50. The molecule has 0 saturated heterocycles. The van der Waals surface area contributed by atoms with Crippen LogP contribution in [0, 0.1) is 5.41 Å². The molecule has 0 spiro atoms. The average Bonchev–Trinajstić information content (AvgIpc) is 2.70. The van der Waals surface area contributed by atoms with Gasteiger partial charge in [0.1, 0.15) is 6.10 Å². The second kappa shape index (κ2) is 10.3. The molecule has 1 unspecified atom stereocenters. The van der Waals surface area contributed by atoms with Gasteiger partial charge >= 0.3 is 0 Å². The minimum Gasteiger partial charge on any atom is -0.470 e. The van der Waals surface area contributed by atoms with Crippen molar-refractivity contribution in [3.8, 4) is 0 Å². The van der Waals surface area contributed by atoms with E-state index in [0.717, 1.165) is 0 Å². The summed E-state index contributed by atoms with van der Waals surface area (Å²) in [6, 6.07) is 20.8. The quantitative estimate of drug-likeness (QED) is 0.167. The summed E-state index contributed by atoms with van der Waals surface area (Å²) < 4.78 is 10.4. The minimum absolute atomic E-state index is 0.121. The van der Waals surface area contributed by atoms with Crippen LogP contribution in [0.2, 0.25) is 5.04 Å². The maximum Gasteiger partial charge on any atom is 0.265 e. The van der Waals surface area contributed by atoms with Crippen LogP contribution in [0.4, 0.5) is 0 Å². The van der Waals surface area contributed by atoms with Crippen LogP contribution in [-0.2, 0) is 9.16 Å². The van der Waals surface area contributed by atoms with Crippen molar-refractivity contribution in [2.24, 2.45) is 0 Å². The molecular formula is C23H28Cl3NO2Si. The molecule has 0 aliphatic carbocycles. The molecule has 0 fully saturated rings. The van der Waals surface area contributed by atoms with Crippen LogP contribution in [0.5, 0.6) is 0 Å². The lowest BCUT2D eigenvalue weighted by Gasteiger charge is -2.43. The molecule has 0 amide bonds. The van der Waals surface area contributed by atoms with Gasteiger partial charge < -0.3 is 9.16 Å². The lowest BCUT2D eigenvalue weighted by atomic mass is 10.2.